The Morgan fingerprint density at radius 3 is 2.35 bits per heavy atom. The van der Waals surface area contributed by atoms with Crippen LogP contribution in [-0.4, -0.2) is 13.7 Å². The summed E-state index contributed by atoms with van der Waals surface area (Å²) in [6.45, 7) is 2.82. The van der Waals surface area contributed by atoms with E-state index in [9.17, 15) is 0 Å². The van der Waals surface area contributed by atoms with Crippen molar-refractivity contribution in [2.75, 3.05) is 13.7 Å². The van der Waals surface area contributed by atoms with Crippen molar-refractivity contribution in [3.63, 3.8) is 0 Å². The molecule has 106 valence electrons. The highest BCUT2D eigenvalue weighted by Gasteiger charge is 2.18. The first-order chi connectivity index (χ1) is 9.77. The Bertz CT molecular complexity index is 556. The van der Waals surface area contributed by atoms with Gasteiger partial charge < -0.3 is 10.1 Å². The van der Waals surface area contributed by atoms with Crippen LogP contribution in [0.5, 0.6) is 5.75 Å². The topological polar surface area (TPSA) is 21.3 Å². The van der Waals surface area contributed by atoms with Crippen LogP contribution in [0.1, 0.15) is 30.5 Å². The lowest BCUT2D eigenvalue weighted by Gasteiger charge is -2.21. The fourth-order valence-corrected chi connectivity index (χ4v) is 2.50. The summed E-state index contributed by atoms with van der Waals surface area (Å²) in [5.41, 5.74) is 2.17. The minimum absolute atomic E-state index is 0.0248. The van der Waals surface area contributed by atoms with Crippen molar-refractivity contribution in [2.24, 2.45) is 0 Å². The lowest BCUT2D eigenvalue weighted by molar-refractivity contribution is 0.312. The molecule has 0 aromatic heterocycles. The van der Waals surface area contributed by atoms with Gasteiger partial charge in [-0.3, -0.25) is 0 Å². The van der Waals surface area contributed by atoms with Crippen LogP contribution < -0.4 is 10.1 Å². The zero-order chi connectivity index (χ0) is 14.4. The van der Waals surface area contributed by atoms with E-state index in [1.807, 2.05) is 49.5 Å². The number of nitrogens with one attached hydrogen (secondary N) is 1. The second kappa shape index (κ2) is 7.32. The maximum absolute atomic E-state index is 6.32. The van der Waals surface area contributed by atoms with Crippen molar-refractivity contribution < 1.29 is 4.74 Å². The molecule has 0 radical (unpaired) electrons. The predicted octanol–water partition coefficient (Wildman–Crippen LogP) is 4.44. The lowest BCUT2D eigenvalue weighted by Crippen LogP contribution is -2.19. The quantitative estimate of drug-likeness (QED) is 0.849. The van der Waals surface area contributed by atoms with Crippen LogP contribution in [0.3, 0.4) is 0 Å². The van der Waals surface area contributed by atoms with Crippen molar-refractivity contribution >= 4 is 11.6 Å². The third kappa shape index (κ3) is 3.33. The second-order valence-electron chi connectivity index (χ2n) is 4.63. The van der Waals surface area contributed by atoms with Gasteiger partial charge in [-0.25, -0.2) is 0 Å². The van der Waals surface area contributed by atoms with E-state index >= 15 is 0 Å². The Kier molecular flexibility index (Phi) is 5.45. The van der Waals surface area contributed by atoms with Crippen LogP contribution >= 0.6 is 11.6 Å². The molecule has 0 amide bonds. The van der Waals surface area contributed by atoms with Crippen molar-refractivity contribution in [2.45, 2.75) is 19.4 Å². The summed E-state index contributed by atoms with van der Waals surface area (Å²) in [5.74, 6) is 0.911. The Hall–Kier alpha value is -1.51. The van der Waals surface area contributed by atoms with Gasteiger partial charge in [-0.05, 0) is 31.2 Å². The third-order valence-corrected chi connectivity index (χ3v) is 3.54. The Morgan fingerprint density at radius 1 is 1.05 bits per heavy atom. The molecule has 0 aliphatic heterocycles. The van der Waals surface area contributed by atoms with Gasteiger partial charge in [0.25, 0.3) is 0 Å². The molecular weight excluding hydrogens is 270 g/mol. The molecular formula is C17H20ClNO. The normalized spacial score (nSPS) is 12.2. The molecule has 1 unspecified atom stereocenters. The fourth-order valence-electron chi connectivity index (χ4n) is 2.25. The highest BCUT2D eigenvalue weighted by atomic mass is 35.5. The third-order valence-electron chi connectivity index (χ3n) is 3.20. The molecule has 2 aromatic rings. The van der Waals surface area contributed by atoms with Gasteiger partial charge in [0.05, 0.1) is 12.6 Å². The number of para-hydroxylation sites is 1. The molecule has 0 bridgehead atoms. The van der Waals surface area contributed by atoms with Crippen molar-refractivity contribution in [3.05, 3.63) is 64.7 Å². The number of benzene rings is 2. The average Bonchev–Trinajstić information content (AvgIpc) is 2.49. The summed E-state index contributed by atoms with van der Waals surface area (Å²) in [5, 5.41) is 4.09. The van der Waals surface area contributed by atoms with Gasteiger partial charge in [-0.1, -0.05) is 54.9 Å². The van der Waals surface area contributed by atoms with E-state index in [1.54, 1.807) is 0 Å². The van der Waals surface area contributed by atoms with Gasteiger partial charge >= 0.3 is 0 Å². The summed E-state index contributed by atoms with van der Waals surface area (Å²) >= 11 is 6.32. The molecule has 3 heteroatoms. The van der Waals surface area contributed by atoms with E-state index in [2.05, 4.69) is 18.3 Å². The van der Waals surface area contributed by atoms with E-state index in [4.69, 9.17) is 16.3 Å². The Balaban J connectivity index is 2.39. The molecule has 20 heavy (non-hydrogen) atoms. The van der Waals surface area contributed by atoms with Gasteiger partial charge in [0.15, 0.2) is 0 Å². The zero-order valence-corrected chi connectivity index (χ0v) is 12.7. The van der Waals surface area contributed by atoms with Crippen LogP contribution in [0.2, 0.25) is 5.02 Å². The summed E-state index contributed by atoms with van der Waals surface area (Å²) in [6.07, 6.45) is 0.991. The van der Waals surface area contributed by atoms with Crippen molar-refractivity contribution in [1.82, 2.24) is 5.32 Å². The largest absolute Gasteiger partial charge is 0.493 e. The summed E-state index contributed by atoms with van der Waals surface area (Å²) in [7, 11) is 1.94. The molecule has 0 saturated heterocycles. The molecule has 0 saturated carbocycles. The smallest absolute Gasteiger partial charge is 0.124 e. The molecule has 1 N–H and O–H groups in total. The molecule has 2 rings (SSSR count). The van der Waals surface area contributed by atoms with Crippen LogP contribution in [0.4, 0.5) is 0 Å². The monoisotopic (exact) mass is 289 g/mol. The standard InChI is InChI=1S/C17H20ClNO/c1-3-12-20-16-11-7-5-9-14(16)17(19-2)13-8-4-6-10-15(13)18/h4-11,17,19H,3,12H2,1-2H3. The first-order valence-electron chi connectivity index (χ1n) is 6.91. The minimum atomic E-state index is 0.0248. The Labute approximate surface area is 125 Å². The van der Waals surface area contributed by atoms with Crippen LogP contribution in [0.15, 0.2) is 48.5 Å². The molecule has 0 fully saturated rings. The molecule has 0 aliphatic rings. The van der Waals surface area contributed by atoms with Gasteiger partial charge in [-0.2, -0.15) is 0 Å². The van der Waals surface area contributed by atoms with E-state index in [1.165, 1.54) is 0 Å². The van der Waals surface area contributed by atoms with Crippen molar-refractivity contribution in [3.8, 4) is 5.75 Å². The molecule has 1 atom stereocenters. The maximum Gasteiger partial charge on any atom is 0.124 e. The first kappa shape index (κ1) is 14.9. The van der Waals surface area contributed by atoms with Crippen molar-refractivity contribution in [1.29, 1.82) is 0 Å². The first-order valence-corrected chi connectivity index (χ1v) is 7.29. The van der Waals surface area contributed by atoms with Crippen LogP contribution in [0.25, 0.3) is 0 Å². The van der Waals surface area contributed by atoms with Gasteiger partial charge in [-0.15, -0.1) is 0 Å². The summed E-state index contributed by atoms with van der Waals surface area (Å²) in [4.78, 5) is 0. The molecule has 0 aliphatic carbocycles. The van der Waals surface area contributed by atoms with Crippen LogP contribution in [0, 0.1) is 0 Å². The number of halogens is 1. The highest BCUT2D eigenvalue weighted by molar-refractivity contribution is 6.31. The lowest BCUT2D eigenvalue weighted by atomic mass is 9.98. The average molecular weight is 290 g/mol. The molecule has 2 nitrogen and oxygen atoms in total. The zero-order valence-electron chi connectivity index (χ0n) is 11.9. The van der Waals surface area contributed by atoms with Gasteiger partial charge in [0.2, 0.25) is 0 Å². The van der Waals surface area contributed by atoms with E-state index in [-0.39, 0.29) is 6.04 Å². The number of hydrogen-bond acceptors (Lipinski definition) is 2. The van der Waals surface area contributed by atoms with Gasteiger partial charge in [0, 0.05) is 10.6 Å². The second-order valence-corrected chi connectivity index (χ2v) is 5.04. The maximum atomic E-state index is 6.32. The molecule has 2 aromatic carbocycles. The highest BCUT2D eigenvalue weighted by Crippen LogP contribution is 2.33. The predicted molar refractivity (Wildman–Crippen MR) is 84.6 cm³/mol. The summed E-state index contributed by atoms with van der Waals surface area (Å²) in [6, 6.07) is 16.0. The van der Waals surface area contributed by atoms with E-state index in [0.29, 0.717) is 0 Å². The minimum Gasteiger partial charge on any atom is -0.493 e. The Morgan fingerprint density at radius 2 is 1.70 bits per heavy atom. The number of hydrogen-bond donors (Lipinski definition) is 1. The number of rotatable bonds is 6. The SMILES string of the molecule is CCCOc1ccccc1C(NC)c1ccccc1Cl. The van der Waals surface area contributed by atoms with Crippen LogP contribution in [-0.2, 0) is 0 Å². The molecule has 0 spiro atoms. The summed E-state index contributed by atoms with van der Waals surface area (Å²) < 4.78 is 5.85. The van der Waals surface area contributed by atoms with E-state index in [0.717, 1.165) is 34.9 Å². The number of ether oxygens (including phenoxy) is 1. The van der Waals surface area contributed by atoms with Gasteiger partial charge in [0.1, 0.15) is 5.75 Å². The molecule has 0 heterocycles. The fraction of sp³-hybridized carbons (Fsp3) is 0.294. The van der Waals surface area contributed by atoms with E-state index < -0.39 is 0 Å².